The van der Waals surface area contributed by atoms with E-state index >= 15 is 0 Å². The Balaban J connectivity index is 1.23. The van der Waals surface area contributed by atoms with Crippen molar-refractivity contribution in [1.82, 2.24) is 9.80 Å². The molecule has 0 atom stereocenters. The van der Waals surface area contributed by atoms with Gasteiger partial charge in [0, 0.05) is 6.54 Å². The van der Waals surface area contributed by atoms with E-state index in [1.807, 2.05) is 14.1 Å². The summed E-state index contributed by atoms with van der Waals surface area (Å²) in [5.74, 6) is -0.546. The van der Waals surface area contributed by atoms with Gasteiger partial charge in [0.1, 0.15) is 0 Å². The maximum Gasteiger partial charge on any atom is 0.261 e. The van der Waals surface area contributed by atoms with E-state index < -0.39 is 0 Å². The van der Waals surface area contributed by atoms with Crippen molar-refractivity contribution in [2.75, 3.05) is 133 Å². The van der Waals surface area contributed by atoms with Crippen LogP contribution >= 0.6 is 0 Å². The number of rotatable bonds is 27. The van der Waals surface area contributed by atoms with Gasteiger partial charge >= 0.3 is 0 Å². The normalized spacial score (nSPS) is 13.1. The Morgan fingerprint density at radius 3 is 1.12 bits per heavy atom. The summed E-state index contributed by atoms with van der Waals surface area (Å²) in [6, 6.07) is 6.83. The van der Waals surface area contributed by atoms with E-state index in [1.54, 1.807) is 24.3 Å². The summed E-state index contributed by atoms with van der Waals surface area (Å²) < 4.78 is 43.6. The van der Waals surface area contributed by atoms with Gasteiger partial charge in [0.25, 0.3) is 11.8 Å². The van der Waals surface area contributed by atoms with Crippen LogP contribution in [-0.4, -0.2) is 155 Å². The first-order valence-electron chi connectivity index (χ1n) is 13.8. The van der Waals surface area contributed by atoms with Crippen molar-refractivity contribution in [3.05, 3.63) is 35.4 Å². The molecule has 1 heterocycles. The van der Waals surface area contributed by atoms with Gasteiger partial charge in [-0.15, -0.1) is 0 Å². The smallest absolute Gasteiger partial charge is 0.261 e. The van der Waals surface area contributed by atoms with Crippen molar-refractivity contribution < 1.29 is 47.5 Å². The number of imide groups is 1. The molecule has 12 nitrogen and oxygen atoms in total. The topological polar surface area (TPSA) is 114 Å². The molecule has 0 spiro atoms. The van der Waals surface area contributed by atoms with Crippen LogP contribution < -0.4 is 0 Å². The third-order valence-corrected chi connectivity index (χ3v) is 5.62. The molecule has 0 aromatic heterocycles. The van der Waals surface area contributed by atoms with Gasteiger partial charge in [0.15, 0.2) is 0 Å². The first-order chi connectivity index (χ1) is 19.6. The van der Waals surface area contributed by atoms with E-state index in [-0.39, 0.29) is 25.0 Å². The molecule has 0 radical (unpaired) electrons. The lowest BCUT2D eigenvalue weighted by Gasteiger charge is -2.13. The molecule has 0 aliphatic carbocycles. The van der Waals surface area contributed by atoms with Crippen LogP contribution in [0.5, 0.6) is 0 Å². The molecule has 0 fully saturated rings. The molecule has 0 bridgehead atoms. The van der Waals surface area contributed by atoms with Gasteiger partial charge in [-0.1, -0.05) is 12.1 Å². The Bertz CT molecular complexity index is 776. The second-order valence-electron chi connectivity index (χ2n) is 9.01. The number of ether oxygens (including phenoxy) is 8. The highest BCUT2D eigenvalue weighted by atomic mass is 16.6. The molecule has 2 amide bonds. The Morgan fingerprint density at radius 1 is 0.500 bits per heavy atom. The number of carbonyl (C=O) groups is 2. The summed E-state index contributed by atoms with van der Waals surface area (Å²) in [6.07, 6.45) is 0. The lowest BCUT2D eigenvalue weighted by atomic mass is 10.1. The average Bonchev–Trinajstić information content (AvgIpc) is 3.19. The summed E-state index contributed by atoms with van der Waals surface area (Å²) >= 11 is 0. The van der Waals surface area contributed by atoms with Crippen LogP contribution in [-0.2, 0) is 37.9 Å². The third-order valence-electron chi connectivity index (χ3n) is 5.62. The summed E-state index contributed by atoms with van der Waals surface area (Å²) in [6.45, 7) is 9.01. The number of benzene rings is 1. The minimum atomic E-state index is -0.273. The van der Waals surface area contributed by atoms with E-state index in [9.17, 15) is 9.59 Å². The number of fused-ring (bicyclic) bond motifs is 1. The molecule has 1 aromatic carbocycles. The number of nitrogens with zero attached hydrogens (tertiary/aromatic N) is 2. The van der Waals surface area contributed by atoms with Crippen LogP contribution in [0.1, 0.15) is 20.7 Å². The van der Waals surface area contributed by atoms with Gasteiger partial charge in [0.05, 0.1) is 123 Å². The van der Waals surface area contributed by atoms with Crippen molar-refractivity contribution in [1.29, 1.82) is 0 Å². The molecule has 0 N–H and O–H groups in total. The van der Waals surface area contributed by atoms with Crippen LogP contribution in [0.15, 0.2) is 24.3 Å². The molecule has 0 unspecified atom stereocenters. The number of likely N-dealkylation sites (N-methyl/N-ethyl adjacent to an activating group) is 1. The quantitative estimate of drug-likeness (QED) is 0.111. The number of hydrogen-bond donors (Lipinski definition) is 0. The molecule has 1 aliphatic rings. The zero-order valence-corrected chi connectivity index (χ0v) is 24.0. The first-order valence-corrected chi connectivity index (χ1v) is 13.8. The Labute approximate surface area is 237 Å². The molecule has 40 heavy (non-hydrogen) atoms. The standard InChI is InChI=1S/C28H46N2O10/c1-29(2)7-9-33-11-13-35-15-17-37-19-21-39-23-24-40-22-20-38-18-16-36-14-12-34-10-8-30-27(31)25-5-3-4-6-26(25)28(30)32/h3-6H,7-24H2,1-2H3. The molecule has 1 aromatic rings. The zero-order valence-electron chi connectivity index (χ0n) is 24.0. The number of hydrogen-bond acceptors (Lipinski definition) is 11. The summed E-state index contributed by atoms with van der Waals surface area (Å²) in [5.41, 5.74) is 0.892. The average molecular weight is 571 g/mol. The fourth-order valence-corrected chi connectivity index (χ4v) is 3.49. The lowest BCUT2D eigenvalue weighted by molar-refractivity contribution is -0.0235. The molecule has 2 rings (SSSR count). The largest absolute Gasteiger partial charge is 0.378 e. The van der Waals surface area contributed by atoms with E-state index in [0.29, 0.717) is 110 Å². The van der Waals surface area contributed by atoms with Crippen molar-refractivity contribution in [2.45, 2.75) is 0 Å². The SMILES string of the molecule is CN(C)CCOCCOCCOCCOCCOCCOCCOCCOCCN1C(=O)c2ccccc2C1=O. The predicted octanol–water partition coefficient (Wildman–Crippen LogP) is 0.977. The maximum absolute atomic E-state index is 12.3. The fourth-order valence-electron chi connectivity index (χ4n) is 3.49. The van der Waals surface area contributed by atoms with Gasteiger partial charge in [-0.05, 0) is 26.2 Å². The fraction of sp³-hybridized carbons (Fsp3) is 0.714. The zero-order chi connectivity index (χ0) is 28.7. The maximum atomic E-state index is 12.3. The minimum absolute atomic E-state index is 0.220. The predicted molar refractivity (Wildman–Crippen MR) is 147 cm³/mol. The van der Waals surface area contributed by atoms with Crippen molar-refractivity contribution in [3.63, 3.8) is 0 Å². The third kappa shape index (κ3) is 15.1. The second kappa shape index (κ2) is 22.7. The van der Waals surface area contributed by atoms with Crippen molar-refractivity contribution >= 4 is 11.8 Å². The van der Waals surface area contributed by atoms with E-state index in [1.165, 1.54) is 4.90 Å². The minimum Gasteiger partial charge on any atom is -0.378 e. The molecule has 0 saturated heterocycles. The Morgan fingerprint density at radius 2 is 0.800 bits per heavy atom. The molecule has 12 heteroatoms. The lowest BCUT2D eigenvalue weighted by Crippen LogP contribution is -2.33. The van der Waals surface area contributed by atoms with E-state index in [0.717, 1.165) is 6.54 Å². The number of amides is 2. The van der Waals surface area contributed by atoms with Gasteiger partial charge in [-0.2, -0.15) is 0 Å². The van der Waals surface area contributed by atoms with Crippen LogP contribution in [0.4, 0.5) is 0 Å². The molecular formula is C28H46N2O10. The second-order valence-corrected chi connectivity index (χ2v) is 9.01. The van der Waals surface area contributed by atoms with Crippen LogP contribution in [0.25, 0.3) is 0 Å². The number of carbonyl (C=O) groups excluding carboxylic acids is 2. The van der Waals surface area contributed by atoms with Gasteiger partial charge < -0.3 is 42.8 Å². The highest BCUT2D eigenvalue weighted by Gasteiger charge is 2.34. The molecule has 0 saturated carbocycles. The van der Waals surface area contributed by atoms with Crippen molar-refractivity contribution in [3.8, 4) is 0 Å². The Hall–Kier alpha value is -2.00. The summed E-state index contributed by atoms with van der Waals surface area (Å²) in [7, 11) is 4.03. The van der Waals surface area contributed by atoms with Crippen LogP contribution in [0.2, 0.25) is 0 Å². The van der Waals surface area contributed by atoms with E-state index in [2.05, 4.69) is 4.90 Å². The summed E-state index contributed by atoms with van der Waals surface area (Å²) in [4.78, 5) is 27.8. The Kier molecular flexibility index (Phi) is 19.4. The molecular weight excluding hydrogens is 524 g/mol. The highest BCUT2D eigenvalue weighted by Crippen LogP contribution is 2.21. The van der Waals surface area contributed by atoms with Gasteiger partial charge in [-0.3, -0.25) is 14.5 Å². The van der Waals surface area contributed by atoms with Gasteiger partial charge in [-0.25, -0.2) is 0 Å². The van der Waals surface area contributed by atoms with Crippen LogP contribution in [0, 0.1) is 0 Å². The molecule has 1 aliphatic heterocycles. The molecule has 228 valence electrons. The van der Waals surface area contributed by atoms with E-state index in [4.69, 9.17) is 37.9 Å². The van der Waals surface area contributed by atoms with Gasteiger partial charge in [0.2, 0.25) is 0 Å². The van der Waals surface area contributed by atoms with Crippen molar-refractivity contribution in [2.24, 2.45) is 0 Å². The first kappa shape index (κ1) is 34.2. The summed E-state index contributed by atoms with van der Waals surface area (Å²) in [5, 5.41) is 0. The highest BCUT2D eigenvalue weighted by molar-refractivity contribution is 6.21. The van der Waals surface area contributed by atoms with Crippen LogP contribution in [0.3, 0.4) is 0 Å². The monoisotopic (exact) mass is 570 g/mol.